The molecule has 0 aromatic heterocycles. The first-order chi connectivity index (χ1) is 8.15. The minimum absolute atomic E-state index is 0.165. The third-order valence-corrected chi connectivity index (χ3v) is 3.05. The predicted molar refractivity (Wildman–Crippen MR) is 68.4 cm³/mol. The molecule has 0 amide bonds. The van der Waals surface area contributed by atoms with Crippen molar-refractivity contribution in [1.29, 1.82) is 0 Å². The van der Waals surface area contributed by atoms with Crippen molar-refractivity contribution in [2.45, 2.75) is 0 Å². The van der Waals surface area contributed by atoms with Crippen LogP contribution in [-0.4, -0.2) is 7.11 Å². The summed E-state index contributed by atoms with van der Waals surface area (Å²) in [7, 11) is 1.41. The van der Waals surface area contributed by atoms with Crippen LogP contribution in [0.1, 0.15) is 0 Å². The maximum Gasteiger partial charge on any atom is 0.172 e. The molecule has 88 valence electrons. The Bertz CT molecular complexity index is 535. The molecule has 0 unspecified atom stereocenters. The van der Waals surface area contributed by atoms with E-state index in [0.29, 0.717) is 21.2 Å². The maximum absolute atomic E-state index is 14.1. The molecule has 0 radical (unpaired) electrons. The second kappa shape index (κ2) is 4.94. The fourth-order valence-corrected chi connectivity index (χ4v) is 2.22. The molecular weight excluding hydrogens is 262 g/mol. The van der Waals surface area contributed by atoms with Crippen LogP contribution < -0.4 is 4.74 Å². The summed E-state index contributed by atoms with van der Waals surface area (Å²) in [4.78, 5) is 0. The summed E-state index contributed by atoms with van der Waals surface area (Å²) in [6, 6.07) is 9.90. The van der Waals surface area contributed by atoms with Crippen molar-refractivity contribution in [2.75, 3.05) is 7.11 Å². The standard InChI is InChI=1S/C13H9Cl2FO/c1-17-11-7-2-4-8(13(11)16)12-9(14)5-3-6-10(12)15/h2-7H,1H3. The van der Waals surface area contributed by atoms with E-state index in [1.807, 2.05) is 0 Å². The third kappa shape index (κ3) is 2.24. The largest absolute Gasteiger partial charge is 0.494 e. The molecular formula is C13H9Cl2FO. The summed E-state index contributed by atoms with van der Waals surface area (Å²) >= 11 is 12.1. The highest BCUT2D eigenvalue weighted by Gasteiger charge is 2.15. The monoisotopic (exact) mass is 270 g/mol. The molecule has 2 rings (SSSR count). The molecule has 0 heterocycles. The quantitative estimate of drug-likeness (QED) is 0.761. The van der Waals surface area contributed by atoms with Crippen LogP contribution in [-0.2, 0) is 0 Å². The van der Waals surface area contributed by atoms with Gasteiger partial charge in [-0.25, -0.2) is 4.39 Å². The van der Waals surface area contributed by atoms with E-state index in [1.165, 1.54) is 7.11 Å². The van der Waals surface area contributed by atoms with Gasteiger partial charge in [0.2, 0.25) is 0 Å². The van der Waals surface area contributed by atoms with E-state index in [-0.39, 0.29) is 5.75 Å². The van der Waals surface area contributed by atoms with E-state index in [0.717, 1.165) is 0 Å². The van der Waals surface area contributed by atoms with E-state index in [4.69, 9.17) is 27.9 Å². The fourth-order valence-electron chi connectivity index (χ4n) is 1.62. The van der Waals surface area contributed by atoms with Gasteiger partial charge in [-0.3, -0.25) is 0 Å². The highest BCUT2D eigenvalue weighted by Crippen LogP contribution is 2.38. The van der Waals surface area contributed by atoms with Crippen LogP contribution in [0.4, 0.5) is 4.39 Å². The summed E-state index contributed by atoms with van der Waals surface area (Å²) in [6.45, 7) is 0. The van der Waals surface area contributed by atoms with Gasteiger partial charge in [-0.2, -0.15) is 0 Å². The van der Waals surface area contributed by atoms with Crippen molar-refractivity contribution in [3.05, 3.63) is 52.3 Å². The molecule has 0 spiro atoms. The van der Waals surface area contributed by atoms with Gasteiger partial charge < -0.3 is 4.74 Å². The maximum atomic E-state index is 14.1. The lowest BCUT2D eigenvalue weighted by Gasteiger charge is -2.10. The van der Waals surface area contributed by atoms with Gasteiger partial charge in [0.1, 0.15) is 0 Å². The summed E-state index contributed by atoms with van der Waals surface area (Å²) < 4.78 is 19.0. The normalized spacial score (nSPS) is 10.4. The second-order valence-corrected chi connectivity index (χ2v) is 4.23. The topological polar surface area (TPSA) is 9.23 Å². The molecule has 0 bridgehead atoms. The second-order valence-electron chi connectivity index (χ2n) is 3.42. The Balaban J connectivity index is 2.69. The average Bonchev–Trinajstić information content (AvgIpc) is 2.31. The van der Waals surface area contributed by atoms with Gasteiger partial charge in [-0.15, -0.1) is 0 Å². The number of rotatable bonds is 2. The molecule has 2 aromatic rings. The van der Waals surface area contributed by atoms with E-state index < -0.39 is 5.82 Å². The number of hydrogen-bond donors (Lipinski definition) is 0. The molecule has 0 aliphatic rings. The summed E-state index contributed by atoms with van der Waals surface area (Å²) in [5, 5.41) is 0.814. The van der Waals surface area contributed by atoms with Gasteiger partial charge in [0.05, 0.1) is 7.11 Å². The smallest absolute Gasteiger partial charge is 0.172 e. The molecule has 0 atom stereocenters. The Labute approximate surface area is 109 Å². The molecule has 17 heavy (non-hydrogen) atoms. The van der Waals surface area contributed by atoms with Gasteiger partial charge in [0.15, 0.2) is 11.6 Å². The molecule has 0 aliphatic heterocycles. The Morgan fingerprint density at radius 2 is 1.59 bits per heavy atom. The molecule has 1 nitrogen and oxygen atoms in total. The molecule has 0 fully saturated rings. The lowest BCUT2D eigenvalue weighted by molar-refractivity contribution is 0.387. The molecule has 0 aliphatic carbocycles. The Morgan fingerprint density at radius 3 is 2.18 bits per heavy atom. The summed E-state index contributed by atoms with van der Waals surface area (Å²) in [5.41, 5.74) is 0.812. The van der Waals surface area contributed by atoms with Crippen LogP contribution in [0.5, 0.6) is 5.75 Å². The Morgan fingerprint density at radius 1 is 1.00 bits per heavy atom. The highest BCUT2D eigenvalue weighted by atomic mass is 35.5. The van der Waals surface area contributed by atoms with Crippen molar-refractivity contribution in [3.63, 3.8) is 0 Å². The van der Waals surface area contributed by atoms with Crippen LogP contribution in [0.3, 0.4) is 0 Å². The van der Waals surface area contributed by atoms with Crippen LogP contribution >= 0.6 is 23.2 Å². The van der Waals surface area contributed by atoms with E-state index >= 15 is 0 Å². The zero-order valence-corrected chi connectivity index (χ0v) is 10.5. The highest BCUT2D eigenvalue weighted by molar-refractivity contribution is 6.39. The SMILES string of the molecule is COc1cccc(-c2c(Cl)cccc2Cl)c1F. The molecule has 2 aromatic carbocycles. The molecule has 0 saturated heterocycles. The van der Waals surface area contributed by atoms with Crippen molar-refractivity contribution < 1.29 is 9.13 Å². The van der Waals surface area contributed by atoms with Crippen molar-refractivity contribution in [3.8, 4) is 16.9 Å². The predicted octanol–water partition coefficient (Wildman–Crippen LogP) is 4.81. The van der Waals surface area contributed by atoms with Crippen molar-refractivity contribution in [2.24, 2.45) is 0 Å². The third-order valence-electron chi connectivity index (χ3n) is 2.42. The van der Waals surface area contributed by atoms with Gasteiger partial charge in [0, 0.05) is 21.2 Å². The van der Waals surface area contributed by atoms with Crippen LogP contribution in [0.15, 0.2) is 36.4 Å². The first kappa shape index (κ1) is 12.2. The molecule has 0 saturated carbocycles. The Kier molecular flexibility index (Phi) is 3.55. The number of methoxy groups -OCH3 is 1. The van der Waals surface area contributed by atoms with E-state index in [1.54, 1.807) is 36.4 Å². The number of benzene rings is 2. The summed E-state index contributed by atoms with van der Waals surface area (Å²) in [6.07, 6.45) is 0. The first-order valence-corrected chi connectivity index (χ1v) is 5.67. The zero-order valence-electron chi connectivity index (χ0n) is 9.01. The van der Waals surface area contributed by atoms with Crippen LogP contribution in [0.25, 0.3) is 11.1 Å². The number of halogens is 3. The van der Waals surface area contributed by atoms with Gasteiger partial charge in [-0.05, 0) is 18.2 Å². The van der Waals surface area contributed by atoms with Gasteiger partial charge in [-0.1, -0.05) is 41.4 Å². The lowest BCUT2D eigenvalue weighted by Crippen LogP contribution is -1.92. The minimum Gasteiger partial charge on any atom is -0.494 e. The van der Waals surface area contributed by atoms with Crippen LogP contribution in [0, 0.1) is 5.82 Å². The number of ether oxygens (including phenoxy) is 1. The fraction of sp³-hybridized carbons (Fsp3) is 0.0769. The van der Waals surface area contributed by atoms with Gasteiger partial charge in [0.25, 0.3) is 0 Å². The first-order valence-electron chi connectivity index (χ1n) is 4.92. The summed E-state index contributed by atoms with van der Waals surface area (Å²) in [5.74, 6) is -0.302. The minimum atomic E-state index is -0.468. The van der Waals surface area contributed by atoms with E-state index in [2.05, 4.69) is 0 Å². The number of hydrogen-bond acceptors (Lipinski definition) is 1. The molecule has 0 N–H and O–H groups in total. The van der Waals surface area contributed by atoms with Gasteiger partial charge >= 0.3 is 0 Å². The van der Waals surface area contributed by atoms with Crippen molar-refractivity contribution >= 4 is 23.2 Å². The van der Waals surface area contributed by atoms with E-state index in [9.17, 15) is 4.39 Å². The molecule has 4 heteroatoms. The van der Waals surface area contributed by atoms with Crippen LogP contribution in [0.2, 0.25) is 10.0 Å². The lowest BCUT2D eigenvalue weighted by atomic mass is 10.0. The average molecular weight is 271 g/mol. The van der Waals surface area contributed by atoms with Crippen molar-refractivity contribution in [1.82, 2.24) is 0 Å². The Hall–Kier alpha value is -1.25. The zero-order chi connectivity index (χ0) is 12.4.